The summed E-state index contributed by atoms with van der Waals surface area (Å²) in [5.41, 5.74) is 10.3. The molecule has 2 amide bonds. The third-order valence-corrected chi connectivity index (χ3v) is 6.63. The van der Waals surface area contributed by atoms with Gasteiger partial charge in [0, 0.05) is 0 Å². The summed E-state index contributed by atoms with van der Waals surface area (Å²) in [6.07, 6.45) is 7.08. The number of carbonyl (C=O) groups excluding carboxylic acids is 2. The van der Waals surface area contributed by atoms with Crippen molar-refractivity contribution in [1.82, 2.24) is 10.6 Å². The average Bonchev–Trinajstić information content (AvgIpc) is 2.46. The van der Waals surface area contributed by atoms with E-state index in [0.717, 1.165) is 0 Å². The minimum atomic E-state index is -4.89. The Hall–Kier alpha value is -1.76. The summed E-state index contributed by atoms with van der Waals surface area (Å²) in [4.78, 5) is 25.6. The molecule has 34 heavy (non-hydrogen) atoms. The SMILES string of the molecule is CC(C)(C)CC(C)(C)NC(=O)OP(N)(Cl)(/C=C/C=C\C=C/N)OC(=O)NC(C)(C)CC(C)(C)C. The Balaban J connectivity index is 5.81. The first-order valence-corrected chi connectivity index (χ1v) is 14.4. The van der Waals surface area contributed by atoms with Crippen molar-refractivity contribution in [2.24, 2.45) is 22.1 Å². The quantitative estimate of drug-likeness (QED) is 0.195. The van der Waals surface area contributed by atoms with Crippen LogP contribution in [0.2, 0.25) is 0 Å². The fourth-order valence-electron chi connectivity index (χ4n) is 4.13. The van der Waals surface area contributed by atoms with Crippen LogP contribution in [0.25, 0.3) is 0 Å². The van der Waals surface area contributed by atoms with Crippen LogP contribution in [0.4, 0.5) is 9.59 Å². The molecule has 0 aromatic carbocycles. The van der Waals surface area contributed by atoms with Crippen LogP contribution in [0.3, 0.4) is 0 Å². The number of nitrogens with two attached hydrogens (primary N) is 2. The second-order valence-corrected chi connectivity index (χ2v) is 17.0. The Kier molecular flexibility index (Phi) is 10.7. The van der Waals surface area contributed by atoms with Gasteiger partial charge in [0.25, 0.3) is 0 Å². The molecule has 10 heteroatoms. The third-order valence-electron chi connectivity index (χ3n) is 4.14. The van der Waals surface area contributed by atoms with Crippen LogP contribution >= 0.6 is 17.8 Å². The zero-order valence-corrected chi connectivity index (χ0v) is 24.1. The molecule has 6 N–H and O–H groups in total. The molecule has 0 radical (unpaired) electrons. The van der Waals surface area contributed by atoms with Crippen molar-refractivity contribution in [1.29, 1.82) is 0 Å². The van der Waals surface area contributed by atoms with Crippen LogP contribution in [0, 0.1) is 10.8 Å². The van der Waals surface area contributed by atoms with E-state index < -0.39 is 29.8 Å². The van der Waals surface area contributed by atoms with Crippen molar-refractivity contribution in [3.63, 3.8) is 0 Å². The van der Waals surface area contributed by atoms with E-state index in [1.54, 1.807) is 18.2 Å². The average molecular weight is 521 g/mol. The molecule has 8 nitrogen and oxygen atoms in total. The maximum atomic E-state index is 12.8. The Labute approximate surface area is 210 Å². The molecule has 0 aliphatic rings. The van der Waals surface area contributed by atoms with Crippen molar-refractivity contribution < 1.29 is 18.6 Å². The standard InChI is InChI=1S/C24H46ClN4O4P/c1-21(2,3)17-23(7,8)28-19(30)32-34(25,27,16-14-12-11-13-15-26)33-20(31)29-24(9,10)18-22(4,5)6/h11-16H,17-18,26-27H2,1-10H3,(H,28,30)(H,29,31)/b12-11-,15-13-,16-14+. The van der Waals surface area contributed by atoms with Gasteiger partial charge in [-0.1, -0.05) is 0 Å². The van der Waals surface area contributed by atoms with Crippen LogP contribution < -0.4 is 21.9 Å². The van der Waals surface area contributed by atoms with Crippen LogP contribution in [0.1, 0.15) is 82.1 Å². The van der Waals surface area contributed by atoms with Crippen LogP contribution in [0.5, 0.6) is 0 Å². The number of hydrogen-bond acceptors (Lipinski definition) is 6. The second kappa shape index (κ2) is 11.3. The monoisotopic (exact) mass is 520 g/mol. The Morgan fingerprint density at radius 3 is 1.44 bits per heavy atom. The van der Waals surface area contributed by atoms with Crippen molar-refractivity contribution in [2.75, 3.05) is 0 Å². The number of amides is 2. The van der Waals surface area contributed by atoms with E-state index in [2.05, 4.69) is 52.2 Å². The first-order chi connectivity index (χ1) is 15.0. The van der Waals surface area contributed by atoms with Crippen LogP contribution in [0.15, 0.2) is 36.3 Å². The van der Waals surface area contributed by atoms with Gasteiger partial charge in [-0.05, 0) is 0 Å². The summed E-state index contributed by atoms with van der Waals surface area (Å²) in [7, 11) is 0. The molecular weight excluding hydrogens is 475 g/mol. The molecule has 0 saturated heterocycles. The third kappa shape index (κ3) is 15.2. The maximum absolute atomic E-state index is 12.8. The van der Waals surface area contributed by atoms with E-state index in [1.807, 2.05) is 27.7 Å². The van der Waals surface area contributed by atoms with Gasteiger partial charge >= 0.3 is 211 Å². The Bertz CT molecular complexity index is 759. The number of nitrogens with one attached hydrogen (secondary N) is 2. The molecule has 0 aliphatic heterocycles. The summed E-state index contributed by atoms with van der Waals surface area (Å²) in [5, 5.41) is 5.55. The molecule has 0 rings (SSSR count). The van der Waals surface area contributed by atoms with Gasteiger partial charge in [-0.3, -0.25) is 0 Å². The zero-order chi connectivity index (χ0) is 27.1. The van der Waals surface area contributed by atoms with Gasteiger partial charge in [-0.25, -0.2) is 0 Å². The van der Waals surface area contributed by atoms with Crippen molar-refractivity contribution in [3.8, 4) is 0 Å². The van der Waals surface area contributed by atoms with Gasteiger partial charge in [0.2, 0.25) is 0 Å². The number of allylic oxidation sites excluding steroid dienone is 4. The minimum absolute atomic E-state index is 0.0534. The van der Waals surface area contributed by atoms with E-state index >= 15 is 0 Å². The van der Waals surface area contributed by atoms with Crippen molar-refractivity contribution in [3.05, 3.63) is 36.3 Å². The molecule has 0 bridgehead atoms. The normalized spacial score (nSPS) is 15.4. The number of carbonyl (C=O) groups is 2. The Morgan fingerprint density at radius 1 is 0.765 bits per heavy atom. The second-order valence-electron chi connectivity index (χ2n) is 12.3. The number of rotatable bonds is 9. The predicted molar refractivity (Wildman–Crippen MR) is 144 cm³/mol. The molecule has 0 aromatic heterocycles. The topological polar surface area (TPSA) is 129 Å². The van der Waals surface area contributed by atoms with E-state index in [9.17, 15) is 9.59 Å². The summed E-state index contributed by atoms with van der Waals surface area (Å²) in [6.45, 7) is 14.9. The van der Waals surface area contributed by atoms with Crippen molar-refractivity contribution in [2.45, 2.75) is 93.2 Å². The van der Waals surface area contributed by atoms with E-state index in [1.165, 1.54) is 18.1 Å². The van der Waals surface area contributed by atoms with Gasteiger partial charge in [0.15, 0.2) is 0 Å². The first-order valence-electron chi connectivity index (χ1n) is 11.3. The van der Waals surface area contributed by atoms with Gasteiger partial charge < -0.3 is 0 Å². The van der Waals surface area contributed by atoms with E-state index in [0.29, 0.717) is 12.8 Å². The van der Waals surface area contributed by atoms with Gasteiger partial charge in [-0.15, -0.1) is 0 Å². The molecule has 0 saturated carbocycles. The summed E-state index contributed by atoms with van der Waals surface area (Å²) < 4.78 is 10.9. The van der Waals surface area contributed by atoms with Gasteiger partial charge in [0.05, 0.1) is 0 Å². The van der Waals surface area contributed by atoms with E-state index in [-0.39, 0.29) is 10.8 Å². The molecule has 0 atom stereocenters. The molecule has 0 unspecified atom stereocenters. The zero-order valence-electron chi connectivity index (χ0n) is 22.5. The molecule has 0 heterocycles. The fourth-order valence-corrected chi connectivity index (χ4v) is 6.00. The summed E-state index contributed by atoms with van der Waals surface area (Å²) >= 11 is 6.60. The molecule has 0 spiro atoms. The van der Waals surface area contributed by atoms with Crippen LogP contribution in [-0.4, -0.2) is 23.3 Å². The molecular formula is C24H46ClN4O4P. The Morgan fingerprint density at radius 2 is 1.12 bits per heavy atom. The fraction of sp³-hybridized carbons (Fsp3) is 0.667. The van der Waals surface area contributed by atoms with E-state index in [4.69, 9.17) is 31.5 Å². The van der Waals surface area contributed by atoms with Gasteiger partial charge in [-0.2, -0.15) is 0 Å². The molecule has 0 aromatic rings. The van der Waals surface area contributed by atoms with Crippen LogP contribution in [-0.2, 0) is 9.05 Å². The number of halogens is 1. The molecule has 0 fully saturated rings. The summed E-state index contributed by atoms with van der Waals surface area (Å²) in [6, 6.07) is 0. The van der Waals surface area contributed by atoms with Crippen molar-refractivity contribution >= 4 is 30.0 Å². The predicted octanol–water partition coefficient (Wildman–Crippen LogP) is 6.82. The molecule has 198 valence electrons. The summed E-state index contributed by atoms with van der Waals surface area (Å²) in [5.74, 6) is 1.20. The first kappa shape index (κ1) is 32.2. The number of hydrogen-bond donors (Lipinski definition) is 4. The van der Waals surface area contributed by atoms with Gasteiger partial charge in [0.1, 0.15) is 0 Å². The molecule has 0 aliphatic carbocycles.